The second-order valence-corrected chi connectivity index (χ2v) is 15.2. The lowest BCUT2D eigenvalue weighted by Gasteiger charge is -2.44. The van der Waals surface area contributed by atoms with Crippen molar-refractivity contribution in [2.45, 2.75) is 103 Å². The van der Waals surface area contributed by atoms with Gasteiger partial charge in [0.05, 0.1) is 25.4 Å². The van der Waals surface area contributed by atoms with Gasteiger partial charge in [-0.25, -0.2) is 0 Å². The maximum absolute atomic E-state index is 6.77. The fraction of sp³-hybridized carbons (Fsp3) is 1.00. The molecule has 0 aromatic heterocycles. The average molecular weight is 373 g/mol. The SMILES string of the molecule is CC1(C)OCC2(CO1)C[C@@H](O[Si](C)(C)C(C)(C)C)[C@@H]1OC(C)(C)O[C@@H]12. The van der Waals surface area contributed by atoms with Crippen LogP contribution in [0.25, 0.3) is 0 Å². The van der Waals surface area contributed by atoms with Crippen LogP contribution in [0.15, 0.2) is 0 Å². The van der Waals surface area contributed by atoms with E-state index in [1.54, 1.807) is 0 Å². The van der Waals surface area contributed by atoms with Gasteiger partial charge in [0.15, 0.2) is 19.9 Å². The van der Waals surface area contributed by atoms with E-state index >= 15 is 0 Å². The van der Waals surface area contributed by atoms with Crippen molar-refractivity contribution in [3.8, 4) is 0 Å². The van der Waals surface area contributed by atoms with Crippen LogP contribution in [0.5, 0.6) is 0 Å². The van der Waals surface area contributed by atoms with Crippen LogP contribution >= 0.6 is 0 Å². The van der Waals surface area contributed by atoms with Crippen molar-refractivity contribution in [1.29, 1.82) is 0 Å². The zero-order valence-corrected chi connectivity index (χ0v) is 18.4. The van der Waals surface area contributed by atoms with E-state index in [2.05, 4.69) is 33.9 Å². The van der Waals surface area contributed by atoms with Crippen LogP contribution in [0.1, 0.15) is 54.9 Å². The molecule has 5 nitrogen and oxygen atoms in total. The van der Waals surface area contributed by atoms with Gasteiger partial charge in [0.2, 0.25) is 0 Å². The van der Waals surface area contributed by atoms with Crippen LogP contribution < -0.4 is 0 Å². The summed E-state index contributed by atoms with van der Waals surface area (Å²) < 4.78 is 31.4. The van der Waals surface area contributed by atoms with Crippen LogP contribution in [0, 0.1) is 5.41 Å². The lowest BCUT2D eigenvalue weighted by molar-refractivity contribution is -0.302. The lowest BCUT2D eigenvalue weighted by atomic mass is 9.84. The van der Waals surface area contributed by atoms with Gasteiger partial charge in [0.25, 0.3) is 0 Å². The highest BCUT2D eigenvalue weighted by Crippen LogP contribution is 2.53. The van der Waals surface area contributed by atoms with E-state index in [9.17, 15) is 0 Å². The Morgan fingerprint density at radius 1 is 0.920 bits per heavy atom. The quantitative estimate of drug-likeness (QED) is 0.684. The fourth-order valence-corrected chi connectivity index (χ4v) is 5.16. The first-order valence-corrected chi connectivity index (χ1v) is 12.4. The summed E-state index contributed by atoms with van der Waals surface area (Å²) in [5, 5.41) is 0.161. The predicted molar refractivity (Wildman–Crippen MR) is 98.9 cm³/mol. The minimum absolute atomic E-state index is 0.0288. The van der Waals surface area contributed by atoms with Crippen molar-refractivity contribution in [2.75, 3.05) is 13.2 Å². The maximum Gasteiger partial charge on any atom is 0.192 e. The number of hydrogen-bond donors (Lipinski definition) is 0. The van der Waals surface area contributed by atoms with Crippen molar-refractivity contribution >= 4 is 8.32 Å². The van der Waals surface area contributed by atoms with Gasteiger partial charge in [0.1, 0.15) is 6.10 Å². The summed E-state index contributed by atoms with van der Waals surface area (Å²) in [5.41, 5.74) is -0.193. The van der Waals surface area contributed by atoms with Crippen molar-refractivity contribution in [3.05, 3.63) is 0 Å². The Bertz CT molecular complexity index is 512. The summed E-state index contributed by atoms with van der Waals surface area (Å²) in [4.78, 5) is 0. The zero-order valence-electron chi connectivity index (χ0n) is 17.4. The van der Waals surface area contributed by atoms with Gasteiger partial charge in [-0.15, -0.1) is 0 Å². The van der Waals surface area contributed by atoms with Gasteiger partial charge in [-0.05, 0) is 52.2 Å². The minimum Gasteiger partial charge on any atom is -0.411 e. The molecule has 0 amide bonds. The third-order valence-electron chi connectivity index (χ3n) is 6.37. The Balaban J connectivity index is 1.84. The standard InChI is InChI=1S/C19H36O5Si/c1-16(2,3)25(8,9)24-13-10-19(11-20-17(4,5)21-12-19)15-14(13)22-18(6,7)23-15/h13-15H,10-12H2,1-9H3/t13-,14+,15+/m1/s1. The second-order valence-electron chi connectivity index (χ2n) is 10.5. The summed E-state index contributed by atoms with van der Waals surface area (Å²) in [6.45, 7) is 20.5. The number of rotatable bonds is 2. The van der Waals surface area contributed by atoms with E-state index in [0.29, 0.717) is 13.2 Å². The fourth-order valence-electron chi connectivity index (χ4n) is 3.83. The highest BCUT2D eigenvalue weighted by Gasteiger charge is 2.64. The Morgan fingerprint density at radius 3 is 2.00 bits per heavy atom. The lowest BCUT2D eigenvalue weighted by Crippen LogP contribution is -2.51. The molecule has 146 valence electrons. The van der Waals surface area contributed by atoms with Crippen LogP contribution in [0.3, 0.4) is 0 Å². The molecule has 1 spiro atoms. The van der Waals surface area contributed by atoms with Gasteiger partial charge in [-0.3, -0.25) is 0 Å². The molecule has 2 saturated heterocycles. The van der Waals surface area contributed by atoms with E-state index in [1.165, 1.54) is 0 Å². The maximum atomic E-state index is 6.77. The smallest absolute Gasteiger partial charge is 0.192 e. The molecule has 0 unspecified atom stereocenters. The molecular weight excluding hydrogens is 336 g/mol. The first kappa shape index (κ1) is 19.8. The Kier molecular flexibility index (Phi) is 4.55. The summed E-state index contributed by atoms with van der Waals surface area (Å²) in [5.74, 6) is -1.13. The minimum atomic E-state index is -1.90. The molecule has 0 N–H and O–H groups in total. The van der Waals surface area contributed by atoms with Crippen LogP contribution in [0.4, 0.5) is 0 Å². The highest BCUT2D eigenvalue weighted by atomic mass is 28.4. The molecule has 25 heavy (non-hydrogen) atoms. The topological polar surface area (TPSA) is 46.2 Å². The van der Waals surface area contributed by atoms with E-state index in [4.69, 9.17) is 23.4 Å². The van der Waals surface area contributed by atoms with E-state index < -0.39 is 19.9 Å². The predicted octanol–water partition coefficient (Wildman–Crippen LogP) is 4.07. The van der Waals surface area contributed by atoms with Gasteiger partial charge in [-0.1, -0.05) is 20.8 Å². The normalized spacial score (nSPS) is 36.6. The van der Waals surface area contributed by atoms with E-state index in [-0.39, 0.29) is 28.8 Å². The van der Waals surface area contributed by atoms with Crippen molar-refractivity contribution < 1.29 is 23.4 Å². The number of ether oxygens (including phenoxy) is 4. The molecular formula is C19H36O5Si. The van der Waals surface area contributed by atoms with E-state index in [0.717, 1.165) is 6.42 Å². The molecule has 6 heteroatoms. The molecule has 1 saturated carbocycles. The van der Waals surface area contributed by atoms with Crippen molar-refractivity contribution in [2.24, 2.45) is 5.41 Å². The van der Waals surface area contributed by atoms with E-state index in [1.807, 2.05) is 27.7 Å². The molecule has 3 atom stereocenters. The third-order valence-corrected chi connectivity index (χ3v) is 10.9. The average Bonchev–Trinajstić information content (AvgIpc) is 2.87. The summed E-state index contributed by atoms with van der Waals surface area (Å²) in [7, 11) is -1.90. The van der Waals surface area contributed by atoms with Crippen LogP contribution in [0.2, 0.25) is 18.1 Å². The molecule has 3 rings (SSSR count). The Hall–Kier alpha value is 0.0169. The van der Waals surface area contributed by atoms with Crippen LogP contribution in [-0.2, 0) is 23.4 Å². The highest BCUT2D eigenvalue weighted by molar-refractivity contribution is 6.74. The summed E-state index contributed by atoms with van der Waals surface area (Å²) in [6.07, 6.45) is 0.785. The molecule has 0 radical (unpaired) electrons. The Morgan fingerprint density at radius 2 is 1.48 bits per heavy atom. The molecule has 0 bridgehead atoms. The first-order chi connectivity index (χ1) is 11.2. The van der Waals surface area contributed by atoms with Crippen molar-refractivity contribution in [1.82, 2.24) is 0 Å². The number of hydrogen-bond acceptors (Lipinski definition) is 5. The second kappa shape index (κ2) is 5.76. The molecule has 2 aliphatic heterocycles. The monoisotopic (exact) mass is 372 g/mol. The van der Waals surface area contributed by atoms with Crippen molar-refractivity contribution in [3.63, 3.8) is 0 Å². The number of fused-ring (bicyclic) bond motifs is 2. The Labute approximate surface area is 153 Å². The largest absolute Gasteiger partial charge is 0.411 e. The molecule has 1 aliphatic carbocycles. The van der Waals surface area contributed by atoms with Gasteiger partial charge in [-0.2, -0.15) is 0 Å². The van der Waals surface area contributed by atoms with Gasteiger partial charge < -0.3 is 23.4 Å². The first-order valence-electron chi connectivity index (χ1n) is 9.48. The summed E-state index contributed by atoms with van der Waals surface area (Å²) in [6, 6.07) is 0. The zero-order chi connectivity index (χ0) is 18.9. The molecule has 0 aromatic carbocycles. The summed E-state index contributed by atoms with van der Waals surface area (Å²) >= 11 is 0. The van der Waals surface area contributed by atoms with Gasteiger partial charge in [0, 0.05) is 5.41 Å². The molecule has 2 heterocycles. The third kappa shape index (κ3) is 3.58. The van der Waals surface area contributed by atoms with Gasteiger partial charge >= 0.3 is 0 Å². The molecule has 0 aromatic rings. The molecule has 3 aliphatic rings. The molecule has 3 fully saturated rings. The van der Waals surface area contributed by atoms with Crippen LogP contribution in [-0.4, -0.2) is 51.4 Å².